The molecular formula is C30H31N5O10S. The average Bonchev–Trinajstić information content (AvgIpc) is 3.30. The summed E-state index contributed by atoms with van der Waals surface area (Å²) in [4.78, 5) is 76.2. The normalized spacial score (nSPS) is 21.7. The number of amides is 5. The van der Waals surface area contributed by atoms with E-state index in [9.17, 15) is 42.5 Å². The second-order valence-corrected chi connectivity index (χ2v) is 13.9. The van der Waals surface area contributed by atoms with E-state index >= 15 is 0 Å². The van der Waals surface area contributed by atoms with E-state index in [1.54, 1.807) is 4.90 Å². The molecule has 1 unspecified atom stereocenters. The Morgan fingerprint density at radius 2 is 1.61 bits per heavy atom. The van der Waals surface area contributed by atoms with Crippen molar-refractivity contribution in [3.63, 3.8) is 0 Å². The molecular weight excluding hydrogens is 622 g/mol. The highest BCUT2D eigenvalue weighted by molar-refractivity contribution is 7.89. The molecule has 0 saturated carbocycles. The number of rotatable bonds is 7. The lowest BCUT2D eigenvalue weighted by atomic mass is 9.71. The predicted octanol–water partition coefficient (Wildman–Crippen LogP) is 1.47. The van der Waals surface area contributed by atoms with Crippen LogP contribution in [0.3, 0.4) is 0 Å². The van der Waals surface area contributed by atoms with E-state index in [2.05, 4.69) is 5.32 Å². The Kier molecular flexibility index (Phi) is 8.10. The first-order valence-electron chi connectivity index (χ1n) is 14.9. The number of sulfonamides is 1. The highest BCUT2D eigenvalue weighted by Crippen LogP contribution is 2.42. The summed E-state index contributed by atoms with van der Waals surface area (Å²) in [6, 6.07) is 8.18. The third kappa shape index (κ3) is 5.62. The van der Waals surface area contributed by atoms with Crippen molar-refractivity contribution >= 4 is 45.2 Å². The Morgan fingerprint density at radius 3 is 2.24 bits per heavy atom. The van der Waals surface area contributed by atoms with Gasteiger partial charge >= 0.3 is 0 Å². The lowest BCUT2D eigenvalue weighted by Crippen LogP contribution is -2.54. The van der Waals surface area contributed by atoms with Crippen LogP contribution in [0.15, 0.2) is 47.4 Å². The molecule has 0 bridgehead atoms. The maximum atomic E-state index is 13.3. The maximum Gasteiger partial charge on any atom is 0.269 e. The third-order valence-electron chi connectivity index (χ3n) is 9.43. The predicted molar refractivity (Wildman–Crippen MR) is 158 cm³/mol. The summed E-state index contributed by atoms with van der Waals surface area (Å²) in [6.07, 6.45) is 2.62. The Morgan fingerprint density at radius 1 is 0.957 bits per heavy atom. The Balaban J connectivity index is 1.03. The van der Waals surface area contributed by atoms with Gasteiger partial charge in [-0.2, -0.15) is 4.31 Å². The lowest BCUT2D eigenvalue weighted by Gasteiger charge is -2.46. The Labute approximate surface area is 263 Å². The Hall–Kier alpha value is -4.70. The number of nitro groups is 1. The molecule has 15 nitrogen and oxygen atoms in total. The topological polar surface area (TPSA) is 194 Å². The number of ether oxygens (including phenoxy) is 1. The molecule has 16 heteroatoms. The van der Waals surface area contributed by atoms with Crippen molar-refractivity contribution in [1.82, 2.24) is 19.4 Å². The average molecular weight is 654 g/mol. The van der Waals surface area contributed by atoms with Crippen LogP contribution in [0, 0.1) is 15.5 Å². The molecule has 0 aromatic heterocycles. The van der Waals surface area contributed by atoms with E-state index in [-0.39, 0.29) is 58.2 Å². The highest BCUT2D eigenvalue weighted by Gasteiger charge is 2.46. The number of imide groups is 2. The molecule has 0 aliphatic carbocycles. The van der Waals surface area contributed by atoms with Crippen molar-refractivity contribution in [2.45, 2.75) is 49.5 Å². The summed E-state index contributed by atoms with van der Waals surface area (Å²) >= 11 is 0. The number of nitrogens with one attached hydrogen (secondary N) is 1. The molecule has 5 amide bonds. The fourth-order valence-electron chi connectivity index (χ4n) is 6.66. The van der Waals surface area contributed by atoms with Crippen molar-refractivity contribution in [1.29, 1.82) is 0 Å². The summed E-state index contributed by atoms with van der Waals surface area (Å²) in [5.41, 5.74) is -0.276. The van der Waals surface area contributed by atoms with Gasteiger partial charge in [0, 0.05) is 44.7 Å². The molecule has 1 N–H and O–H groups in total. The van der Waals surface area contributed by atoms with Gasteiger partial charge in [-0.1, -0.05) is 6.07 Å². The molecule has 2 aromatic carbocycles. The molecule has 4 aliphatic heterocycles. The number of nitro benzene ring substituents is 1. The van der Waals surface area contributed by atoms with Gasteiger partial charge in [0.15, 0.2) is 6.61 Å². The van der Waals surface area contributed by atoms with Crippen molar-refractivity contribution in [3.05, 3.63) is 63.7 Å². The smallest absolute Gasteiger partial charge is 0.269 e. The van der Waals surface area contributed by atoms with Crippen LogP contribution in [0.4, 0.5) is 5.69 Å². The fourth-order valence-corrected chi connectivity index (χ4v) is 8.10. The largest absolute Gasteiger partial charge is 0.483 e. The molecule has 3 saturated heterocycles. The Bertz CT molecular complexity index is 1740. The van der Waals surface area contributed by atoms with Gasteiger partial charge in [0.2, 0.25) is 21.8 Å². The number of fused-ring (bicyclic) bond motifs is 1. The van der Waals surface area contributed by atoms with Crippen LogP contribution in [-0.2, 0) is 24.4 Å². The van der Waals surface area contributed by atoms with Gasteiger partial charge in [-0.25, -0.2) is 8.42 Å². The van der Waals surface area contributed by atoms with Gasteiger partial charge in [-0.15, -0.1) is 0 Å². The first-order chi connectivity index (χ1) is 21.9. The number of carbonyl (C=O) groups is 5. The molecule has 4 heterocycles. The van der Waals surface area contributed by atoms with E-state index in [1.165, 1.54) is 46.8 Å². The van der Waals surface area contributed by atoms with Crippen molar-refractivity contribution in [3.8, 4) is 5.75 Å². The molecule has 0 radical (unpaired) electrons. The van der Waals surface area contributed by atoms with Gasteiger partial charge in [0.25, 0.3) is 23.4 Å². The summed E-state index contributed by atoms with van der Waals surface area (Å²) in [5, 5.41) is 13.1. The summed E-state index contributed by atoms with van der Waals surface area (Å²) in [5.74, 6) is -2.83. The van der Waals surface area contributed by atoms with E-state index in [0.717, 1.165) is 4.90 Å². The maximum absolute atomic E-state index is 13.3. The van der Waals surface area contributed by atoms with Crippen molar-refractivity contribution in [2.75, 3.05) is 32.8 Å². The summed E-state index contributed by atoms with van der Waals surface area (Å²) in [6.45, 7) is 1.14. The summed E-state index contributed by atoms with van der Waals surface area (Å²) in [7, 11) is -3.80. The number of piperidine rings is 3. The second kappa shape index (κ2) is 11.9. The molecule has 46 heavy (non-hydrogen) atoms. The monoisotopic (exact) mass is 653 g/mol. The number of hydrogen-bond acceptors (Lipinski definition) is 10. The van der Waals surface area contributed by atoms with Crippen LogP contribution in [0.25, 0.3) is 0 Å². The number of carbonyl (C=O) groups excluding carboxylic acids is 5. The van der Waals surface area contributed by atoms with Gasteiger partial charge in [0.05, 0.1) is 20.9 Å². The minimum atomic E-state index is -3.80. The number of non-ortho nitro benzene ring substituents is 1. The van der Waals surface area contributed by atoms with Crippen molar-refractivity contribution in [2.24, 2.45) is 5.41 Å². The van der Waals surface area contributed by atoms with Crippen molar-refractivity contribution < 1.29 is 42.1 Å². The van der Waals surface area contributed by atoms with E-state index in [1.807, 2.05) is 0 Å². The number of nitrogens with zero attached hydrogens (tertiary/aromatic N) is 4. The molecule has 1 spiro atoms. The van der Waals surface area contributed by atoms with Gasteiger partial charge < -0.3 is 9.64 Å². The number of hydrogen-bond donors (Lipinski definition) is 1. The molecule has 6 rings (SSSR count). The molecule has 2 aromatic rings. The minimum Gasteiger partial charge on any atom is -0.483 e. The molecule has 3 fully saturated rings. The molecule has 1 atom stereocenters. The number of benzene rings is 2. The zero-order valence-corrected chi connectivity index (χ0v) is 25.5. The first-order valence-corrected chi connectivity index (χ1v) is 16.3. The SMILES string of the molecule is O=C1CCC(N2C(=O)c3cccc(OCC(=O)N4CCC5(CC4)CCN(S(=O)(=O)c4ccc([N+](=O)[O-])cc4)CC5)c3C2=O)C(=O)N1. The van der Waals surface area contributed by atoms with Gasteiger partial charge in [-0.05, 0) is 61.8 Å². The van der Waals surface area contributed by atoms with Crippen LogP contribution >= 0.6 is 0 Å². The standard InChI is InChI=1S/C30H31N5O10S/c36-24-9-8-22(27(38)31-24)34-28(39)21-2-1-3-23(26(21)29(34)40)45-18-25(37)32-14-10-30(11-15-32)12-16-33(17-13-30)46(43,44)20-6-4-19(5-7-20)35(41)42/h1-7,22H,8-18H2,(H,31,36,38). The van der Waals surface area contributed by atoms with Crippen LogP contribution in [0.2, 0.25) is 0 Å². The van der Waals surface area contributed by atoms with E-state index in [4.69, 9.17) is 4.74 Å². The molecule has 4 aliphatic rings. The second-order valence-electron chi connectivity index (χ2n) is 12.0. The highest BCUT2D eigenvalue weighted by atomic mass is 32.2. The zero-order valence-electron chi connectivity index (χ0n) is 24.7. The lowest BCUT2D eigenvalue weighted by molar-refractivity contribution is -0.384. The quantitative estimate of drug-likeness (QED) is 0.260. The van der Waals surface area contributed by atoms with Gasteiger partial charge in [0.1, 0.15) is 11.8 Å². The zero-order chi connectivity index (χ0) is 32.8. The van der Waals surface area contributed by atoms with Crippen LogP contribution in [0.1, 0.15) is 59.2 Å². The van der Waals surface area contributed by atoms with Gasteiger partial charge in [-0.3, -0.25) is 44.3 Å². The van der Waals surface area contributed by atoms with Crippen LogP contribution < -0.4 is 10.1 Å². The summed E-state index contributed by atoms with van der Waals surface area (Å²) < 4.78 is 33.4. The van der Waals surface area contributed by atoms with E-state index in [0.29, 0.717) is 51.9 Å². The number of likely N-dealkylation sites (tertiary alicyclic amines) is 1. The van der Waals surface area contributed by atoms with E-state index < -0.39 is 44.6 Å². The fraction of sp³-hybridized carbons (Fsp3) is 0.433. The first kappa shape index (κ1) is 31.3. The third-order valence-corrected chi connectivity index (χ3v) is 11.3. The van der Waals surface area contributed by atoms with Crippen LogP contribution in [-0.4, -0.2) is 95.8 Å². The molecule has 242 valence electrons. The minimum absolute atomic E-state index is 0.00166. The van der Waals surface area contributed by atoms with Crippen LogP contribution in [0.5, 0.6) is 5.75 Å².